The molecule has 1 aromatic heterocycles. The molecule has 0 amide bonds. The van der Waals surface area contributed by atoms with Crippen LogP contribution in [0.4, 0.5) is 5.13 Å². The summed E-state index contributed by atoms with van der Waals surface area (Å²) in [5, 5.41) is 13.1. The van der Waals surface area contributed by atoms with E-state index in [9.17, 15) is 0 Å². The summed E-state index contributed by atoms with van der Waals surface area (Å²) in [6, 6.07) is 7.69. The summed E-state index contributed by atoms with van der Waals surface area (Å²) >= 11 is 7.19. The van der Waals surface area contributed by atoms with Crippen molar-refractivity contribution >= 4 is 49.7 Å². The second kappa shape index (κ2) is 6.90. The van der Waals surface area contributed by atoms with Crippen LogP contribution in [-0.2, 0) is 0 Å². The van der Waals surface area contributed by atoms with Crippen LogP contribution in [0.3, 0.4) is 0 Å². The van der Waals surface area contributed by atoms with Gasteiger partial charge >= 0.3 is 0 Å². The van der Waals surface area contributed by atoms with Crippen LogP contribution in [0.15, 0.2) is 34.8 Å². The van der Waals surface area contributed by atoms with Crippen LogP contribution in [0.5, 0.6) is 0 Å². The van der Waals surface area contributed by atoms with Crippen LogP contribution in [0.25, 0.3) is 10.2 Å². The number of nitrogens with zero attached hydrogens (tertiary/aromatic N) is 4. The van der Waals surface area contributed by atoms with E-state index in [4.69, 9.17) is 17.5 Å². The maximum Gasteiger partial charge on any atom is 0.189 e. The zero-order valence-electron chi connectivity index (χ0n) is 13.7. The molecule has 25 heavy (non-hydrogen) atoms. The molecule has 1 saturated heterocycles. The molecular formula is C18H17N5S2. The van der Waals surface area contributed by atoms with Gasteiger partial charge in [-0.1, -0.05) is 23.6 Å². The Morgan fingerprint density at radius 2 is 2.16 bits per heavy atom. The molecule has 1 fully saturated rings. The Balaban J connectivity index is 1.53. The molecule has 1 N–H and O–H groups in total. The van der Waals surface area contributed by atoms with Crippen LogP contribution in [0, 0.1) is 11.3 Å². The molecule has 0 saturated carbocycles. The molecule has 0 radical (unpaired) electrons. The summed E-state index contributed by atoms with van der Waals surface area (Å²) < 4.78 is 0.995. The topological polar surface area (TPSA) is 64.3 Å². The number of fused-ring (bicyclic) bond motifs is 1. The van der Waals surface area contributed by atoms with Gasteiger partial charge in [0.25, 0.3) is 0 Å². The molecule has 4 rings (SSSR count). The first-order valence-electron chi connectivity index (χ1n) is 8.35. The first kappa shape index (κ1) is 16.2. The molecule has 7 heteroatoms. The highest BCUT2D eigenvalue weighted by Gasteiger charge is 2.20. The minimum atomic E-state index is 0.649. The van der Waals surface area contributed by atoms with Gasteiger partial charge in [-0.05, 0) is 49.1 Å². The smallest absolute Gasteiger partial charge is 0.189 e. The number of hydrogen-bond acceptors (Lipinski definition) is 6. The van der Waals surface area contributed by atoms with Gasteiger partial charge in [-0.2, -0.15) is 5.26 Å². The number of aliphatic imine (C=N–C) groups is 1. The van der Waals surface area contributed by atoms with Crippen molar-refractivity contribution < 1.29 is 0 Å². The van der Waals surface area contributed by atoms with E-state index in [1.165, 1.54) is 29.8 Å². The van der Waals surface area contributed by atoms with Crippen molar-refractivity contribution in [1.82, 2.24) is 9.88 Å². The zero-order valence-corrected chi connectivity index (χ0v) is 15.3. The van der Waals surface area contributed by atoms with Gasteiger partial charge in [-0.25, -0.2) is 4.98 Å². The second-order valence-corrected chi connectivity index (χ2v) is 7.54. The number of thiazole rings is 1. The van der Waals surface area contributed by atoms with Gasteiger partial charge in [0, 0.05) is 19.6 Å². The first-order valence-corrected chi connectivity index (χ1v) is 9.57. The van der Waals surface area contributed by atoms with Crippen LogP contribution in [-0.4, -0.2) is 40.3 Å². The van der Waals surface area contributed by atoms with Crippen LogP contribution < -0.4 is 5.32 Å². The minimum Gasteiger partial charge on any atom is -0.363 e. The molecule has 0 aliphatic carbocycles. The normalized spacial score (nSPS) is 17.2. The molecule has 0 bridgehead atoms. The number of thiocarbonyl (C=S) groups is 1. The molecule has 5 nitrogen and oxygen atoms in total. The fourth-order valence-electron chi connectivity index (χ4n) is 3.10. The predicted octanol–water partition coefficient (Wildman–Crippen LogP) is 3.73. The number of dihydropyridines is 1. The molecule has 3 heterocycles. The standard InChI is InChI=1S/C18H17N5S2/c19-11-12-3-4-14-15(9-12)25-18(21-14)22-16-10-13(5-6-20-16)17(24)23-7-1-2-8-23/h3-4,9-10H,1-2,5-8H2,(H,20,21,22). The van der Waals surface area contributed by atoms with Crippen molar-refractivity contribution in [3.63, 3.8) is 0 Å². The first-order chi connectivity index (χ1) is 12.2. The molecule has 0 atom stereocenters. The number of aromatic nitrogens is 1. The highest BCUT2D eigenvalue weighted by molar-refractivity contribution is 7.80. The highest BCUT2D eigenvalue weighted by Crippen LogP contribution is 2.27. The highest BCUT2D eigenvalue weighted by atomic mass is 32.1. The summed E-state index contributed by atoms with van der Waals surface area (Å²) in [7, 11) is 0. The minimum absolute atomic E-state index is 0.649. The van der Waals surface area contributed by atoms with Crippen LogP contribution >= 0.6 is 23.6 Å². The monoisotopic (exact) mass is 367 g/mol. The van der Waals surface area contributed by atoms with E-state index >= 15 is 0 Å². The Bertz CT molecular complexity index is 929. The van der Waals surface area contributed by atoms with Crippen molar-refractivity contribution in [3.8, 4) is 6.07 Å². The third-order valence-corrected chi connectivity index (χ3v) is 5.85. The van der Waals surface area contributed by atoms with Crippen LogP contribution in [0.2, 0.25) is 0 Å². The number of rotatable bonds is 2. The van der Waals surface area contributed by atoms with E-state index in [0.717, 1.165) is 52.2 Å². The van der Waals surface area contributed by atoms with Crippen molar-refractivity contribution in [1.29, 1.82) is 5.26 Å². The number of benzene rings is 1. The molecule has 126 valence electrons. The van der Waals surface area contributed by atoms with Gasteiger partial charge < -0.3 is 10.2 Å². The Morgan fingerprint density at radius 1 is 1.32 bits per heavy atom. The largest absolute Gasteiger partial charge is 0.363 e. The molecule has 1 aromatic carbocycles. The van der Waals surface area contributed by atoms with Gasteiger partial charge in [0.1, 0.15) is 10.8 Å². The average Bonchev–Trinajstić information content (AvgIpc) is 3.30. The molecule has 2 aliphatic rings. The lowest BCUT2D eigenvalue weighted by atomic mass is 10.1. The number of anilines is 1. The third-order valence-electron chi connectivity index (χ3n) is 4.39. The van der Waals surface area contributed by atoms with Gasteiger partial charge in [0.05, 0.1) is 21.8 Å². The summed E-state index contributed by atoms with van der Waals surface area (Å²) in [5.41, 5.74) is 2.72. The second-order valence-electron chi connectivity index (χ2n) is 6.12. The van der Waals surface area contributed by atoms with Crippen molar-refractivity contribution in [2.24, 2.45) is 4.99 Å². The summed E-state index contributed by atoms with van der Waals surface area (Å²) in [5.74, 6) is 0.808. The molecule has 0 spiro atoms. The number of likely N-dealkylation sites (tertiary alicyclic amines) is 1. The Kier molecular flexibility index (Phi) is 4.47. The van der Waals surface area contributed by atoms with E-state index in [2.05, 4.69) is 32.3 Å². The number of hydrogen-bond donors (Lipinski definition) is 1. The number of amidine groups is 1. The van der Waals surface area contributed by atoms with Gasteiger partial charge in [-0.3, -0.25) is 4.99 Å². The van der Waals surface area contributed by atoms with E-state index in [-0.39, 0.29) is 0 Å². The van der Waals surface area contributed by atoms with E-state index in [1.807, 2.05) is 12.1 Å². The predicted molar refractivity (Wildman–Crippen MR) is 106 cm³/mol. The van der Waals surface area contributed by atoms with E-state index in [0.29, 0.717) is 5.56 Å². The van der Waals surface area contributed by atoms with Crippen molar-refractivity contribution in [2.75, 3.05) is 25.0 Å². The number of nitrogens with one attached hydrogen (secondary N) is 1. The Hall–Kier alpha value is -2.30. The summed E-state index contributed by atoms with van der Waals surface area (Å²) in [6.07, 6.45) is 5.40. The summed E-state index contributed by atoms with van der Waals surface area (Å²) in [6.45, 7) is 2.87. The van der Waals surface area contributed by atoms with Gasteiger partial charge in [-0.15, -0.1) is 0 Å². The van der Waals surface area contributed by atoms with Crippen LogP contribution in [0.1, 0.15) is 24.8 Å². The lowest BCUT2D eigenvalue weighted by molar-refractivity contribution is 0.527. The van der Waals surface area contributed by atoms with E-state index in [1.54, 1.807) is 6.07 Å². The van der Waals surface area contributed by atoms with Gasteiger partial charge in [0.15, 0.2) is 5.13 Å². The lowest BCUT2D eigenvalue weighted by Gasteiger charge is -2.22. The summed E-state index contributed by atoms with van der Waals surface area (Å²) in [4.78, 5) is 12.4. The number of nitriles is 1. The van der Waals surface area contributed by atoms with Crippen molar-refractivity contribution in [3.05, 3.63) is 35.4 Å². The maximum absolute atomic E-state index is 9.01. The Morgan fingerprint density at radius 3 is 2.96 bits per heavy atom. The fourth-order valence-corrected chi connectivity index (χ4v) is 4.36. The SMILES string of the molecule is N#Cc1ccc2nc(NC3=NCCC(C(=S)N4CCCC4)=C3)sc2c1. The van der Waals surface area contributed by atoms with Crippen molar-refractivity contribution in [2.45, 2.75) is 19.3 Å². The molecule has 2 aliphatic heterocycles. The molecule has 2 aromatic rings. The molecule has 0 unspecified atom stereocenters. The third kappa shape index (κ3) is 3.41. The zero-order chi connectivity index (χ0) is 17.2. The lowest BCUT2D eigenvalue weighted by Crippen LogP contribution is -2.29. The molecular weight excluding hydrogens is 350 g/mol. The fraction of sp³-hybridized carbons (Fsp3) is 0.333. The Labute approximate surface area is 155 Å². The van der Waals surface area contributed by atoms with E-state index < -0.39 is 0 Å². The quantitative estimate of drug-likeness (QED) is 0.820. The van der Waals surface area contributed by atoms with Gasteiger partial charge in [0.2, 0.25) is 0 Å². The average molecular weight is 368 g/mol. The maximum atomic E-state index is 9.01.